The lowest BCUT2D eigenvalue weighted by Crippen LogP contribution is -2.39. The van der Waals surface area contributed by atoms with Gasteiger partial charge in [0.05, 0.1) is 13.1 Å². The Balaban J connectivity index is 2.42. The maximum Gasteiger partial charge on any atom is 0.238 e. The molecule has 5 heteroatoms. The third-order valence-electron chi connectivity index (χ3n) is 3.78. The van der Waals surface area contributed by atoms with Gasteiger partial charge in [-0.3, -0.25) is 14.5 Å². The van der Waals surface area contributed by atoms with E-state index in [1.165, 1.54) is 5.56 Å². The number of amides is 2. The van der Waals surface area contributed by atoms with E-state index in [2.05, 4.69) is 24.5 Å². The normalized spacial score (nSPS) is 12.0. The fraction of sp³-hybridized carbons (Fsp3) is 0.556. The molecule has 1 rings (SSSR count). The minimum absolute atomic E-state index is 0.0555. The van der Waals surface area contributed by atoms with Crippen LogP contribution in [0.3, 0.4) is 0 Å². The summed E-state index contributed by atoms with van der Waals surface area (Å²) in [6, 6.07) is 7.94. The topological polar surface area (TPSA) is 61.4 Å². The molecule has 0 fully saturated rings. The van der Waals surface area contributed by atoms with E-state index in [-0.39, 0.29) is 24.9 Å². The largest absolute Gasteiger partial charge is 0.355 e. The minimum atomic E-state index is -0.118. The van der Waals surface area contributed by atoms with Crippen molar-refractivity contribution in [3.05, 3.63) is 29.8 Å². The van der Waals surface area contributed by atoms with Crippen molar-refractivity contribution in [3.63, 3.8) is 0 Å². The number of nitrogens with zero attached hydrogens (tertiary/aromatic N) is 1. The van der Waals surface area contributed by atoms with Crippen LogP contribution >= 0.6 is 0 Å². The molecule has 2 amide bonds. The number of rotatable bonds is 9. The highest BCUT2D eigenvalue weighted by molar-refractivity contribution is 5.92. The van der Waals surface area contributed by atoms with E-state index in [9.17, 15) is 9.59 Å². The molecule has 1 aromatic rings. The molecule has 2 N–H and O–H groups in total. The van der Waals surface area contributed by atoms with Crippen LogP contribution in [0.15, 0.2) is 24.3 Å². The molecule has 0 unspecified atom stereocenters. The van der Waals surface area contributed by atoms with Gasteiger partial charge in [0.15, 0.2) is 0 Å². The number of carbonyl (C=O) groups is 2. The molecule has 0 bridgehead atoms. The summed E-state index contributed by atoms with van der Waals surface area (Å²) in [5, 5.41) is 5.66. The first-order valence-corrected chi connectivity index (χ1v) is 8.31. The zero-order chi connectivity index (χ0) is 17.2. The SMILES string of the molecule is CCCNC(=O)CN(C)CC(=O)Nc1ccc([C@@H](C)CC)cc1. The van der Waals surface area contributed by atoms with Gasteiger partial charge in [0.1, 0.15) is 0 Å². The lowest BCUT2D eigenvalue weighted by Gasteiger charge is -2.16. The Morgan fingerprint density at radius 3 is 2.26 bits per heavy atom. The van der Waals surface area contributed by atoms with Gasteiger partial charge in [-0.15, -0.1) is 0 Å². The van der Waals surface area contributed by atoms with Gasteiger partial charge in [-0.05, 0) is 43.5 Å². The Morgan fingerprint density at radius 1 is 1.09 bits per heavy atom. The van der Waals surface area contributed by atoms with Crippen molar-refractivity contribution in [1.29, 1.82) is 0 Å². The second kappa shape index (κ2) is 10.0. The van der Waals surface area contributed by atoms with Crippen molar-refractivity contribution in [2.24, 2.45) is 0 Å². The molecule has 1 atom stereocenters. The molecule has 0 spiro atoms. The van der Waals surface area contributed by atoms with E-state index in [0.717, 1.165) is 18.5 Å². The van der Waals surface area contributed by atoms with Crippen LogP contribution in [0, 0.1) is 0 Å². The first-order valence-electron chi connectivity index (χ1n) is 8.31. The predicted molar refractivity (Wildman–Crippen MR) is 94.6 cm³/mol. The summed E-state index contributed by atoms with van der Waals surface area (Å²) in [5.41, 5.74) is 2.06. The second-order valence-electron chi connectivity index (χ2n) is 6.00. The molecule has 0 aromatic heterocycles. The monoisotopic (exact) mass is 319 g/mol. The first kappa shape index (κ1) is 19.2. The Kier molecular flexibility index (Phi) is 8.33. The number of benzene rings is 1. The van der Waals surface area contributed by atoms with Crippen molar-refractivity contribution in [2.45, 2.75) is 39.5 Å². The standard InChI is InChI=1S/C18H29N3O2/c1-5-11-19-17(22)12-21(4)13-18(23)20-16-9-7-15(8-10-16)14(3)6-2/h7-10,14H,5-6,11-13H2,1-4H3,(H,19,22)(H,20,23)/t14-/m0/s1. The van der Waals surface area contributed by atoms with Crippen molar-refractivity contribution in [2.75, 3.05) is 32.0 Å². The Hall–Kier alpha value is -1.88. The Morgan fingerprint density at radius 2 is 1.70 bits per heavy atom. The zero-order valence-corrected chi connectivity index (χ0v) is 14.7. The molecule has 0 radical (unpaired) electrons. The van der Waals surface area contributed by atoms with Crippen LogP contribution in [-0.2, 0) is 9.59 Å². The van der Waals surface area contributed by atoms with Gasteiger partial charge in [-0.2, -0.15) is 0 Å². The summed E-state index contributed by atoms with van der Waals surface area (Å²) in [7, 11) is 1.76. The molecule has 5 nitrogen and oxygen atoms in total. The number of anilines is 1. The first-order chi connectivity index (χ1) is 11.0. The van der Waals surface area contributed by atoms with Gasteiger partial charge in [0.25, 0.3) is 0 Å². The summed E-state index contributed by atoms with van der Waals surface area (Å²) in [5.74, 6) is 0.347. The fourth-order valence-electron chi connectivity index (χ4n) is 2.20. The van der Waals surface area contributed by atoms with Crippen LogP contribution in [0.4, 0.5) is 5.69 Å². The van der Waals surface area contributed by atoms with Crippen LogP contribution < -0.4 is 10.6 Å². The summed E-state index contributed by atoms with van der Waals surface area (Å²) < 4.78 is 0. The molecule has 128 valence electrons. The van der Waals surface area contributed by atoms with Gasteiger partial charge in [-0.25, -0.2) is 0 Å². The van der Waals surface area contributed by atoms with Gasteiger partial charge >= 0.3 is 0 Å². The maximum atomic E-state index is 12.0. The summed E-state index contributed by atoms with van der Waals surface area (Å²) in [6.45, 7) is 7.43. The van der Waals surface area contributed by atoms with Crippen LogP contribution in [0.1, 0.15) is 45.1 Å². The Labute approximate surface area is 139 Å². The number of carbonyl (C=O) groups excluding carboxylic acids is 2. The van der Waals surface area contributed by atoms with E-state index in [4.69, 9.17) is 0 Å². The molecule has 0 saturated carbocycles. The van der Waals surface area contributed by atoms with Crippen molar-refractivity contribution in [3.8, 4) is 0 Å². The smallest absolute Gasteiger partial charge is 0.238 e. The molecule has 0 aliphatic rings. The van der Waals surface area contributed by atoms with E-state index in [1.807, 2.05) is 31.2 Å². The number of nitrogens with one attached hydrogen (secondary N) is 2. The number of hydrogen-bond donors (Lipinski definition) is 2. The highest BCUT2D eigenvalue weighted by Crippen LogP contribution is 2.20. The average molecular weight is 319 g/mol. The molecule has 0 aliphatic heterocycles. The highest BCUT2D eigenvalue weighted by atomic mass is 16.2. The molecule has 0 saturated heterocycles. The summed E-state index contributed by atoms with van der Waals surface area (Å²) >= 11 is 0. The molecule has 1 aromatic carbocycles. The van der Waals surface area contributed by atoms with Gasteiger partial charge in [-0.1, -0.05) is 32.9 Å². The van der Waals surface area contributed by atoms with Crippen LogP contribution in [-0.4, -0.2) is 43.4 Å². The van der Waals surface area contributed by atoms with E-state index in [0.29, 0.717) is 12.5 Å². The minimum Gasteiger partial charge on any atom is -0.355 e. The van der Waals surface area contributed by atoms with Gasteiger partial charge in [0, 0.05) is 12.2 Å². The van der Waals surface area contributed by atoms with E-state index in [1.54, 1.807) is 11.9 Å². The molecule has 0 heterocycles. The molecule has 0 aliphatic carbocycles. The average Bonchev–Trinajstić information content (AvgIpc) is 2.52. The molecular formula is C18H29N3O2. The van der Waals surface area contributed by atoms with Gasteiger partial charge < -0.3 is 10.6 Å². The summed E-state index contributed by atoms with van der Waals surface area (Å²) in [4.78, 5) is 25.3. The maximum absolute atomic E-state index is 12.0. The highest BCUT2D eigenvalue weighted by Gasteiger charge is 2.11. The lowest BCUT2D eigenvalue weighted by molar-refractivity contribution is -0.122. The number of hydrogen-bond acceptors (Lipinski definition) is 3. The predicted octanol–water partition coefficient (Wildman–Crippen LogP) is 2.60. The Bertz CT molecular complexity index is 499. The van der Waals surface area contributed by atoms with Crippen LogP contribution in [0.5, 0.6) is 0 Å². The van der Waals surface area contributed by atoms with Crippen LogP contribution in [0.2, 0.25) is 0 Å². The van der Waals surface area contributed by atoms with E-state index < -0.39 is 0 Å². The quantitative estimate of drug-likeness (QED) is 0.735. The van der Waals surface area contributed by atoms with Crippen molar-refractivity contribution in [1.82, 2.24) is 10.2 Å². The van der Waals surface area contributed by atoms with Crippen molar-refractivity contribution >= 4 is 17.5 Å². The van der Waals surface area contributed by atoms with Gasteiger partial charge in [0.2, 0.25) is 11.8 Å². The molecule has 23 heavy (non-hydrogen) atoms. The third-order valence-corrected chi connectivity index (χ3v) is 3.78. The van der Waals surface area contributed by atoms with E-state index >= 15 is 0 Å². The third kappa shape index (κ3) is 7.28. The summed E-state index contributed by atoms with van der Waals surface area (Å²) in [6.07, 6.45) is 2.00. The molecular weight excluding hydrogens is 290 g/mol. The zero-order valence-electron chi connectivity index (χ0n) is 14.7. The van der Waals surface area contributed by atoms with Crippen molar-refractivity contribution < 1.29 is 9.59 Å². The number of likely N-dealkylation sites (N-methyl/N-ethyl adjacent to an activating group) is 1. The van der Waals surface area contributed by atoms with Crippen LogP contribution in [0.25, 0.3) is 0 Å². The lowest BCUT2D eigenvalue weighted by atomic mass is 9.99. The second-order valence-corrected chi connectivity index (χ2v) is 6.00. The fourth-order valence-corrected chi connectivity index (χ4v) is 2.20.